The second-order valence-electron chi connectivity index (χ2n) is 5.44. The molecule has 6 nitrogen and oxygen atoms in total. The summed E-state index contributed by atoms with van der Waals surface area (Å²) in [5.41, 5.74) is 2.06. The molecule has 2 aromatic rings. The lowest BCUT2D eigenvalue weighted by Gasteiger charge is -2.15. The third-order valence-corrected chi connectivity index (χ3v) is 3.47. The van der Waals surface area contributed by atoms with E-state index in [2.05, 4.69) is 20.9 Å². The van der Waals surface area contributed by atoms with Crippen molar-refractivity contribution in [3.63, 3.8) is 0 Å². The molecule has 1 atom stereocenters. The monoisotopic (exact) mass is 326 g/mol. The standard InChI is InChI=1S/C18H22N4O2/c1-14(17(23)21-13-15-6-3-2-4-7-15)22-18(24)20-11-9-16-8-5-10-19-12-16/h2-8,10,12,14H,9,11,13H2,1H3,(H,21,23)(H2,20,22,24)/t14-/m0/s1. The molecule has 0 aliphatic carbocycles. The minimum Gasteiger partial charge on any atom is -0.350 e. The summed E-state index contributed by atoms with van der Waals surface area (Å²) >= 11 is 0. The largest absolute Gasteiger partial charge is 0.350 e. The van der Waals surface area contributed by atoms with E-state index in [0.717, 1.165) is 11.1 Å². The van der Waals surface area contributed by atoms with Crippen molar-refractivity contribution in [2.75, 3.05) is 6.54 Å². The summed E-state index contributed by atoms with van der Waals surface area (Å²) in [6.07, 6.45) is 4.16. The SMILES string of the molecule is C[C@H](NC(=O)NCCc1cccnc1)C(=O)NCc1ccccc1. The van der Waals surface area contributed by atoms with Crippen molar-refractivity contribution in [3.05, 3.63) is 66.0 Å². The van der Waals surface area contributed by atoms with E-state index in [1.165, 1.54) is 0 Å². The van der Waals surface area contributed by atoms with Gasteiger partial charge in [-0.15, -0.1) is 0 Å². The lowest BCUT2D eigenvalue weighted by atomic mass is 10.2. The fourth-order valence-electron chi connectivity index (χ4n) is 2.12. The Kier molecular flexibility index (Phi) is 6.76. The Morgan fingerprint density at radius 2 is 1.79 bits per heavy atom. The van der Waals surface area contributed by atoms with Gasteiger partial charge in [0.15, 0.2) is 0 Å². The van der Waals surface area contributed by atoms with Crippen molar-refractivity contribution in [1.29, 1.82) is 0 Å². The molecule has 2 rings (SSSR count). The van der Waals surface area contributed by atoms with Crippen molar-refractivity contribution >= 4 is 11.9 Å². The van der Waals surface area contributed by atoms with E-state index in [-0.39, 0.29) is 11.9 Å². The van der Waals surface area contributed by atoms with Crippen molar-refractivity contribution in [2.24, 2.45) is 0 Å². The highest BCUT2D eigenvalue weighted by molar-refractivity contribution is 5.86. The van der Waals surface area contributed by atoms with Gasteiger partial charge in [0.2, 0.25) is 5.91 Å². The van der Waals surface area contributed by atoms with Crippen LogP contribution >= 0.6 is 0 Å². The number of benzene rings is 1. The normalized spacial score (nSPS) is 11.4. The smallest absolute Gasteiger partial charge is 0.315 e. The highest BCUT2D eigenvalue weighted by atomic mass is 16.2. The quantitative estimate of drug-likeness (QED) is 0.723. The minimum absolute atomic E-state index is 0.221. The molecule has 126 valence electrons. The van der Waals surface area contributed by atoms with Gasteiger partial charge in [-0.05, 0) is 30.5 Å². The van der Waals surface area contributed by atoms with Gasteiger partial charge in [-0.3, -0.25) is 9.78 Å². The van der Waals surface area contributed by atoms with E-state index in [0.29, 0.717) is 19.5 Å². The zero-order valence-electron chi connectivity index (χ0n) is 13.7. The van der Waals surface area contributed by atoms with Crippen LogP contribution in [0.25, 0.3) is 0 Å². The fraction of sp³-hybridized carbons (Fsp3) is 0.278. The van der Waals surface area contributed by atoms with Gasteiger partial charge in [0.05, 0.1) is 0 Å². The van der Waals surface area contributed by atoms with Crippen LogP contribution in [0.15, 0.2) is 54.9 Å². The zero-order chi connectivity index (χ0) is 17.2. The predicted molar refractivity (Wildman–Crippen MR) is 92.2 cm³/mol. The summed E-state index contributed by atoms with van der Waals surface area (Å²) in [5, 5.41) is 8.15. The van der Waals surface area contributed by atoms with Crippen LogP contribution in [0, 0.1) is 0 Å². The fourth-order valence-corrected chi connectivity index (χ4v) is 2.12. The van der Waals surface area contributed by atoms with Crippen LogP contribution in [-0.4, -0.2) is 29.5 Å². The Bertz CT molecular complexity index is 647. The van der Waals surface area contributed by atoms with E-state index in [1.807, 2.05) is 42.5 Å². The summed E-state index contributed by atoms with van der Waals surface area (Å²) in [6, 6.07) is 12.5. The van der Waals surface area contributed by atoms with E-state index in [4.69, 9.17) is 0 Å². The highest BCUT2D eigenvalue weighted by Crippen LogP contribution is 1.98. The average molecular weight is 326 g/mol. The lowest BCUT2D eigenvalue weighted by Crippen LogP contribution is -2.48. The van der Waals surface area contributed by atoms with Gasteiger partial charge < -0.3 is 16.0 Å². The molecule has 0 bridgehead atoms. The van der Waals surface area contributed by atoms with E-state index < -0.39 is 6.04 Å². The maximum absolute atomic E-state index is 12.0. The summed E-state index contributed by atoms with van der Waals surface area (Å²) in [7, 11) is 0. The molecule has 1 aromatic carbocycles. The Balaban J connectivity index is 1.66. The maximum atomic E-state index is 12.0. The number of aromatic nitrogens is 1. The van der Waals surface area contributed by atoms with Crippen LogP contribution in [-0.2, 0) is 17.8 Å². The molecule has 0 saturated heterocycles. The van der Waals surface area contributed by atoms with Gasteiger partial charge in [-0.25, -0.2) is 4.79 Å². The van der Waals surface area contributed by atoms with Gasteiger partial charge in [-0.2, -0.15) is 0 Å². The first kappa shape index (κ1) is 17.5. The Morgan fingerprint density at radius 1 is 1.04 bits per heavy atom. The molecule has 3 amide bonds. The maximum Gasteiger partial charge on any atom is 0.315 e. The number of carbonyl (C=O) groups is 2. The summed E-state index contributed by atoms with van der Waals surface area (Å²) in [5.74, 6) is -0.221. The second-order valence-corrected chi connectivity index (χ2v) is 5.44. The topological polar surface area (TPSA) is 83.1 Å². The minimum atomic E-state index is -0.605. The molecule has 0 radical (unpaired) electrons. The molecule has 0 saturated carbocycles. The molecule has 0 aliphatic rings. The van der Waals surface area contributed by atoms with Crippen LogP contribution in [0.5, 0.6) is 0 Å². The number of nitrogens with one attached hydrogen (secondary N) is 3. The Labute approximate surface area is 141 Å². The van der Waals surface area contributed by atoms with Crippen LogP contribution in [0.1, 0.15) is 18.1 Å². The number of nitrogens with zero attached hydrogens (tertiary/aromatic N) is 1. The average Bonchev–Trinajstić information content (AvgIpc) is 2.61. The molecule has 0 spiro atoms. The van der Waals surface area contributed by atoms with Gasteiger partial charge >= 0.3 is 6.03 Å². The van der Waals surface area contributed by atoms with E-state index in [1.54, 1.807) is 19.3 Å². The second kappa shape index (κ2) is 9.29. The van der Waals surface area contributed by atoms with Gasteiger partial charge in [-0.1, -0.05) is 36.4 Å². The first-order chi connectivity index (χ1) is 11.6. The molecule has 6 heteroatoms. The molecule has 24 heavy (non-hydrogen) atoms. The van der Waals surface area contributed by atoms with E-state index in [9.17, 15) is 9.59 Å². The molecule has 3 N–H and O–H groups in total. The molecular weight excluding hydrogens is 304 g/mol. The summed E-state index contributed by atoms with van der Waals surface area (Å²) in [4.78, 5) is 27.8. The molecule has 0 aliphatic heterocycles. The zero-order valence-corrected chi connectivity index (χ0v) is 13.7. The van der Waals surface area contributed by atoms with Crippen LogP contribution in [0.3, 0.4) is 0 Å². The van der Waals surface area contributed by atoms with Crippen LogP contribution < -0.4 is 16.0 Å². The van der Waals surface area contributed by atoms with Gasteiger partial charge in [0.25, 0.3) is 0 Å². The number of pyridine rings is 1. The van der Waals surface area contributed by atoms with Crippen molar-refractivity contribution in [2.45, 2.75) is 25.9 Å². The number of rotatable bonds is 7. The van der Waals surface area contributed by atoms with E-state index >= 15 is 0 Å². The number of urea groups is 1. The number of hydrogen-bond donors (Lipinski definition) is 3. The summed E-state index contributed by atoms with van der Waals surface area (Å²) in [6.45, 7) is 2.57. The number of carbonyl (C=O) groups excluding carboxylic acids is 2. The molecular formula is C18H22N4O2. The lowest BCUT2D eigenvalue weighted by molar-refractivity contribution is -0.122. The molecule has 0 unspecified atom stereocenters. The first-order valence-electron chi connectivity index (χ1n) is 7.90. The van der Waals surface area contributed by atoms with Crippen molar-refractivity contribution in [1.82, 2.24) is 20.9 Å². The molecule has 1 aromatic heterocycles. The highest BCUT2D eigenvalue weighted by Gasteiger charge is 2.14. The molecule has 0 fully saturated rings. The Morgan fingerprint density at radius 3 is 2.50 bits per heavy atom. The first-order valence-corrected chi connectivity index (χ1v) is 7.90. The van der Waals surface area contributed by atoms with Crippen LogP contribution in [0.2, 0.25) is 0 Å². The number of hydrogen-bond acceptors (Lipinski definition) is 3. The number of amides is 3. The molecule has 1 heterocycles. The van der Waals surface area contributed by atoms with Gasteiger partial charge in [0.1, 0.15) is 6.04 Å². The Hall–Kier alpha value is -2.89. The van der Waals surface area contributed by atoms with Crippen molar-refractivity contribution in [3.8, 4) is 0 Å². The summed E-state index contributed by atoms with van der Waals surface area (Å²) < 4.78 is 0. The predicted octanol–water partition coefficient (Wildman–Crippen LogP) is 1.63. The van der Waals surface area contributed by atoms with Gasteiger partial charge in [0, 0.05) is 25.5 Å². The third-order valence-electron chi connectivity index (χ3n) is 3.47. The third kappa shape index (κ3) is 6.08. The van der Waals surface area contributed by atoms with Crippen molar-refractivity contribution < 1.29 is 9.59 Å². The van der Waals surface area contributed by atoms with Crippen LogP contribution in [0.4, 0.5) is 4.79 Å².